The number of aliphatic carboxylic acids is 1. The summed E-state index contributed by atoms with van der Waals surface area (Å²) in [7, 11) is 0. The van der Waals surface area contributed by atoms with Crippen molar-refractivity contribution in [3.8, 4) is 0 Å². The van der Waals surface area contributed by atoms with Crippen LogP contribution in [0.5, 0.6) is 0 Å². The summed E-state index contributed by atoms with van der Waals surface area (Å²) >= 11 is 0. The second-order valence-electron chi connectivity index (χ2n) is 5.75. The fraction of sp³-hybridized carbons (Fsp3) is 0.333. The van der Waals surface area contributed by atoms with Gasteiger partial charge in [0.05, 0.1) is 6.42 Å². The molecule has 0 bridgehead atoms. The highest BCUT2D eigenvalue weighted by atomic mass is 16.4. The van der Waals surface area contributed by atoms with Crippen LogP contribution in [0.25, 0.3) is 11.0 Å². The molecule has 1 aromatic heterocycles. The Bertz CT molecular complexity index is 710. The van der Waals surface area contributed by atoms with Crippen LogP contribution < -0.4 is 10.9 Å². The Morgan fingerprint density at radius 3 is 2.60 bits per heavy atom. The lowest BCUT2D eigenvalue weighted by Gasteiger charge is -2.22. The molecular formula is C15H17NO4. The molecule has 0 saturated heterocycles. The Hall–Kier alpha value is -2.30. The maximum absolute atomic E-state index is 11.5. The third-order valence-corrected chi connectivity index (χ3v) is 2.69. The fourth-order valence-electron chi connectivity index (χ4n) is 2.05. The predicted molar refractivity (Wildman–Crippen MR) is 77.2 cm³/mol. The predicted octanol–water partition coefficient (Wildman–Crippen LogP) is 2.63. The van der Waals surface area contributed by atoms with Crippen LogP contribution >= 0.6 is 0 Å². The molecule has 0 atom stereocenters. The highest BCUT2D eigenvalue weighted by Crippen LogP contribution is 2.23. The molecule has 1 aromatic carbocycles. The molecule has 0 amide bonds. The third kappa shape index (κ3) is 3.38. The smallest absolute Gasteiger partial charge is 0.336 e. The quantitative estimate of drug-likeness (QED) is 0.842. The van der Waals surface area contributed by atoms with E-state index in [0.717, 1.165) is 5.69 Å². The second kappa shape index (κ2) is 5.00. The van der Waals surface area contributed by atoms with Crippen molar-refractivity contribution < 1.29 is 14.3 Å². The minimum atomic E-state index is -0.978. The summed E-state index contributed by atoms with van der Waals surface area (Å²) in [6, 6.07) is 6.56. The number of carboxylic acids is 1. The zero-order chi connectivity index (χ0) is 14.9. The third-order valence-electron chi connectivity index (χ3n) is 2.69. The van der Waals surface area contributed by atoms with Gasteiger partial charge >= 0.3 is 11.6 Å². The van der Waals surface area contributed by atoms with Crippen molar-refractivity contribution in [3.05, 3.63) is 40.2 Å². The molecule has 106 valence electrons. The number of anilines is 1. The summed E-state index contributed by atoms with van der Waals surface area (Å²) in [6.45, 7) is 6.07. The standard InChI is InChI=1S/C15H17NO4/c1-15(2,3)16-10-4-5-11-9(6-13(17)18)7-14(19)20-12(11)8-10/h4-5,7-8,16H,6H2,1-3H3,(H,17,18). The van der Waals surface area contributed by atoms with Crippen LogP contribution in [0.3, 0.4) is 0 Å². The summed E-state index contributed by atoms with van der Waals surface area (Å²) < 4.78 is 5.15. The first-order valence-electron chi connectivity index (χ1n) is 6.31. The molecule has 0 aliphatic rings. The molecule has 2 rings (SSSR count). The van der Waals surface area contributed by atoms with Crippen molar-refractivity contribution in [1.29, 1.82) is 0 Å². The SMILES string of the molecule is CC(C)(C)Nc1ccc2c(CC(=O)O)cc(=O)oc2c1. The Morgan fingerprint density at radius 2 is 2.00 bits per heavy atom. The lowest BCUT2D eigenvalue weighted by molar-refractivity contribution is -0.136. The Kier molecular flexibility index (Phi) is 3.53. The van der Waals surface area contributed by atoms with Crippen molar-refractivity contribution in [2.45, 2.75) is 32.7 Å². The number of carbonyl (C=O) groups is 1. The monoisotopic (exact) mass is 275 g/mol. The maximum Gasteiger partial charge on any atom is 0.336 e. The van der Waals surface area contributed by atoms with E-state index in [9.17, 15) is 9.59 Å². The number of fused-ring (bicyclic) bond motifs is 1. The molecule has 0 unspecified atom stereocenters. The van der Waals surface area contributed by atoms with Crippen LogP contribution in [0.2, 0.25) is 0 Å². The van der Waals surface area contributed by atoms with Gasteiger partial charge in [0.15, 0.2) is 0 Å². The molecule has 5 nitrogen and oxygen atoms in total. The minimum absolute atomic E-state index is 0.118. The number of rotatable bonds is 3. The van der Waals surface area contributed by atoms with Gasteiger partial charge in [-0.2, -0.15) is 0 Å². The van der Waals surface area contributed by atoms with Crippen LogP contribution in [-0.4, -0.2) is 16.6 Å². The molecule has 0 aliphatic heterocycles. The summed E-state index contributed by atoms with van der Waals surface area (Å²) in [4.78, 5) is 22.3. The molecule has 0 radical (unpaired) electrons. The first-order chi connectivity index (χ1) is 9.24. The highest BCUT2D eigenvalue weighted by Gasteiger charge is 2.12. The summed E-state index contributed by atoms with van der Waals surface area (Å²) in [6.07, 6.45) is -0.200. The number of nitrogens with one attached hydrogen (secondary N) is 1. The van der Waals surface area contributed by atoms with E-state index >= 15 is 0 Å². The van der Waals surface area contributed by atoms with Gasteiger partial charge in [0, 0.05) is 28.7 Å². The minimum Gasteiger partial charge on any atom is -0.481 e. The van der Waals surface area contributed by atoms with Gasteiger partial charge in [0.25, 0.3) is 0 Å². The molecule has 5 heteroatoms. The van der Waals surface area contributed by atoms with Crippen LogP contribution in [0.15, 0.2) is 33.5 Å². The van der Waals surface area contributed by atoms with E-state index in [1.54, 1.807) is 12.1 Å². The molecule has 0 spiro atoms. The van der Waals surface area contributed by atoms with Gasteiger partial charge in [-0.3, -0.25) is 4.79 Å². The molecule has 1 heterocycles. The van der Waals surface area contributed by atoms with E-state index in [1.807, 2.05) is 26.8 Å². The lowest BCUT2D eigenvalue weighted by Crippen LogP contribution is -2.25. The van der Waals surface area contributed by atoms with E-state index in [4.69, 9.17) is 9.52 Å². The molecule has 0 aliphatic carbocycles. The normalized spacial score (nSPS) is 11.6. The molecule has 2 N–H and O–H groups in total. The summed E-state index contributed by atoms with van der Waals surface area (Å²) in [5.41, 5.74) is 1.02. The van der Waals surface area contributed by atoms with Crippen molar-refractivity contribution >= 4 is 22.6 Å². The van der Waals surface area contributed by atoms with E-state index < -0.39 is 11.6 Å². The lowest BCUT2D eigenvalue weighted by atomic mass is 10.1. The average Bonchev–Trinajstić information content (AvgIpc) is 2.24. The topological polar surface area (TPSA) is 79.5 Å². The highest BCUT2D eigenvalue weighted by molar-refractivity contribution is 5.86. The Labute approximate surface area is 116 Å². The Morgan fingerprint density at radius 1 is 1.30 bits per heavy atom. The van der Waals surface area contributed by atoms with E-state index in [2.05, 4.69) is 5.32 Å². The van der Waals surface area contributed by atoms with E-state index in [1.165, 1.54) is 6.07 Å². The molecule has 0 fully saturated rings. The zero-order valence-electron chi connectivity index (χ0n) is 11.7. The van der Waals surface area contributed by atoms with Gasteiger partial charge in [-0.15, -0.1) is 0 Å². The molecular weight excluding hydrogens is 258 g/mol. The van der Waals surface area contributed by atoms with Gasteiger partial charge in [-0.25, -0.2) is 4.79 Å². The van der Waals surface area contributed by atoms with Crippen molar-refractivity contribution in [3.63, 3.8) is 0 Å². The van der Waals surface area contributed by atoms with Crippen molar-refractivity contribution in [2.75, 3.05) is 5.32 Å². The van der Waals surface area contributed by atoms with Gasteiger partial charge in [-0.1, -0.05) is 0 Å². The molecule has 0 saturated carbocycles. The van der Waals surface area contributed by atoms with Crippen molar-refractivity contribution in [2.24, 2.45) is 0 Å². The number of benzene rings is 1. The van der Waals surface area contributed by atoms with E-state index in [-0.39, 0.29) is 12.0 Å². The number of carboxylic acid groups (broad SMARTS) is 1. The van der Waals surface area contributed by atoms with Gasteiger partial charge in [0.1, 0.15) is 5.58 Å². The first-order valence-corrected chi connectivity index (χ1v) is 6.31. The number of hydrogen-bond donors (Lipinski definition) is 2. The fourth-order valence-corrected chi connectivity index (χ4v) is 2.05. The zero-order valence-corrected chi connectivity index (χ0v) is 11.7. The van der Waals surface area contributed by atoms with Crippen LogP contribution in [0.4, 0.5) is 5.69 Å². The van der Waals surface area contributed by atoms with Crippen LogP contribution in [0.1, 0.15) is 26.3 Å². The average molecular weight is 275 g/mol. The molecule has 2 aromatic rings. The van der Waals surface area contributed by atoms with Crippen molar-refractivity contribution in [1.82, 2.24) is 0 Å². The van der Waals surface area contributed by atoms with Gasteiger partial charge in [-0.05, 0) is 38.5 Å². The van der Waals surface area contributed by atoms with E-state index in [0.29, 0.717) is 16.5 Å². The first kappa shape index (κ1) is 14.1. The Balaban J connectivity index is 2.53. The maximum atomic E-state index is 11.5. The van der Waals surface area contributed by atoms with Gasteiger partial charge in [0.2, 0.25) is 0 Å². The number of hydrogen-bond acceptors (Lipinski definition) is 4. The summed E-state index contributed by atoms with van der Waals surface area (Å²) in [5.74, 6) is -0.978. The molecule has 20 heavy (non-hydrogen) atoms. The van der Waals surface area contributed by atoms with Crippen LogP contribution in [0, 0.1) is 0 Å². The van der Waals surface area contributed by atoms with Crippen LogP contribution in [-0.2, 0) is 11.2 Å². The summed E-state index contributed by atoms with van der Waals surface area (Å²) in [5, 5.41) is 12.8. The largest absolute Gasteiger partial charge is 0.481 e. The van der Waals surface area contributed by atoms with Gasteiger partial charge < -0.3 is 14.8 Å². The second-order valence-corrected chi connectivity index (χ2v) is 5.75.